The van der Waals surface area contributed by atoms with Crippen molar-refractivity contribution in [1.29, 1.82) is 0 Å². The zero-order valence-electron chi connectivity index (χ0n) is 15.7. The number of fused-ring (bicyclic) bond motifs is 1. The van der Waals surface area contributed by atoms with Crippen LogP contribution >= 0.6 is 0 Å². The highest BCUT2D eigenvalue weighted by Gasteiger charge is 2.23. The molecule has 0 spiro atoms. The summed E-state index contributed by atoms with van der Waals surface area (Å²) in [6.45, 7) is 0.464. The fourth-order valence-electron chi connectivity index (χ4n) is 3.29. The number of carbonyl (C=O) groups is 1. The molecule has 0 aliphatic carbocycles. The van der Waals surface area contributed by atoms with Crippen LogP contribution in [0.15, 0.2) is 101 Å². The third-order valence-electron chi connectivity index (χ3n) is 4.74. The molecule has 0 radical (unpaired) electrons. The highest BCUT2D eigenvalue weighted by atomic mass is 32.2. The molecule has 0 aliphatic heterocycles. The average molecular weight is 404 g/mol. The van der Waals surface area contributed by atoms with Crippen molar-refractivity contribution in [3.8, 4) is 0 Å². The molecule has 0 bridgehead atoms. The molecule has 0 atom stereocenters. The van der Waals surface area contributed by atoms with E-state index in [0.717, 1.165) is 5.56 Å². The summed E-state index contributed by atoms with van der Waals surface area (Å²) in [7, 11) is -3.69. The maximum absolute atomic E-state index is 13.1. The normalized spacial score (nSPS) is 11.4. The quantitative estimate of drug-likeness (QED) is 0.532. The first-order chi connectivity index (χ1) is 14.1. The van der Waals surface area contributed by atoms with E-state index in [4.69, 9.17) is 0 Å². The summed E-state index contributed by atoms with van der Waals surface area (Å²) in [6, 6.07) is 25.2. The van der Waals surface area contributed by atoms with Crippen LogP contribution in [0.5, 0.6) is 0 Å². The largest absolute Gasteiger partial charge is 0.350 e. The number of nitrogens with zero attached hydrogens (tertiary/aromatic N) is 1. The van der Waals surface area contributed by atoms with Crippen molar-refractivity contribution in [2.75, 3.05) is 0 Å². The Bertz CT molecular complexity index is 1250. The summed E-state index contributed by atoms with van der Waals surface area (Å²) in [5.41, 5.74) is 1.71. The molecule has 3 aromatic carbocycles. The predicted octanol–water partition coefficient (Wildman–Crippen LogP) is 3.79. The van der Waals surface area contributed by atoms with Crippen LogP contribution in [0.2, 0.25) is 0 Å². The SMILES string of the molecule is O=C(Cn1cc(S(=O)(=O)c2ccccc2)c2ccccc21)NCc1ccccc1. The van der Waals surface area contributed by atoms with Gasteiger partial charge in [-0.25, -0.2) is 8.42 Å². The molecule has 1 aromatic heterocycles. The van der Waals surface area contributed by atoms with E-state index >= 15 is 0 Å². The lowest BCUT2D eigenvalue weighted by atomic mass is 10.2. The summed E-state index contributed by atoms with van der Waals surface area (Å²) in [4.78, 5) is 12.9. The van der Waals surface area contributed by atoms with Gasteiger partial charge in [-0.3, -0.25) is 4.79 Å². The fraction of sp³-hybridized carbons (Fsp3) is 0.0870. The lowest BCUT2D eigenvalue weighted by Crippen LogP contribution is -2.26. The second-order valence-electron chi connectivity index (χ2n) is 6.72. The number of hydrogen-bond donors (Lipinski definition) is 1. The fourth-order valence-corrected chi connectivity index (χ4v) is 4.79. The topological polar surface area (TPSA) is 68.2 Å². The summed E-state index contributed by atoms with van der Waals surface area (Å²) in [6.07, 6.45) is 1.55. The lowest BCUT2D eigenvalue weighted by Gasteiger charge is -2.07. The van der Waals surface area contributed by atoms with Gasteiger partial charge in [-0.1, -0.05) is 66.7 Å². The zero-order chi connectivity index (χ0) is 20.3. The van der Waals surface area contributed by atoms with Crippen LogP contribution in [0, 0.1) is 0 Å². The summed E-state index contributed by atoms with van der Waals surface area (Å²) < 4.78 is 28.0. The van der Waals surface area contributed by atoms with Gasteiger partial charge in [0, 0.05) is 23.6 Å². The highest BCUT2D eigenvalue weighted by Crippen LogP contribution is 2.30. The molecule has 1 N–H and O–H groups in total. The van der Waals surface area contributed by atoms with E-state index in [1.54, 1.807) is 53.2 Å². The minimum atomic E-state index is -3.69. The standard InChI is InChI=1S/C23H20N2O3S/c26-23(24-15-18-9-3-1-4-10-18)17-25-16-22(20-13-7-8-14-21(20)25)29(27,28)19-11-5-2-6-12-19/h1-14,16H,15,17H2,(H,24,26). The number of hydrogen-bond acceptors (Lipinski definition) is 3. The van der Waals surface area contributed by atoms with Crippen LogP contribution in [0.1, 0.15) is 5.56 Å². The molecule has 6 heteroatoms. The zero-order valence-corrected chi connectivity index (χ0v) is 16.5. The van der Waals surface area contributed by atoms with E-state index in [-0.39, 0.29) is 22.2 Å². The first-order valence-corrected chi connectivity index (χ1v) is 10.7. The molecule has 29 heavy (non-hydrogen) atoms. The van der Waals surface area contributed by atoms with Crippen LogP contribution in [0.4, 0.5) is 0 Å². The second-order valence-corrected chi connectivity index (χ2v) is 8.64. The van der Waals surface area contributed by atoms with Gasteiger partial charge in [0.25, 0.3) is 0 Å². The molecule has 146 valence electrons. The van der Waals surface area contributed by atoms with Crippen molar-refractivity contribution in [3.63, 3.8) is 0 Å². The van der Waals surface area contributed by atoms with E-state index in [2.05, 4.69) is 5.32 Å². The van der Waals surface area contributed by atoms with Gasteiger partial charge >= 0.3 is 0 Å². The highest BCUT2D eigenvalue weighted by molar-refractivity contribution is 7.91. The molecule has 0 fully saturated rings. The number of sulfone groups is 1. The van der Waals surface area contributed by atoms with Gasteiger partial charge in [-0.2, -0.15) is 0 Å². The van der Waals surface area contributed by atoms with Crippen LogP contribution in [0.3, 0.4) is 0 Å². The van der Waals surface area contributed by atoms with Crippen molar-refractivity contribution in [2.24, 2.45) is 0 Å². The molecule has 0 unspecified atom stereocenters. The van der Waals surface area contributed by atoms with E-state index in [1.807, 2.05) is 42.5 Å². The number of aromatic nitrogens is 1. The van der Waals surface area contributed by atoms with Gasteiger partial charge in [0.2, 0.25) is 15.7 Å². The van der Waals surface area contributed by atoms with Crippen LogP contribution in [-0.2, 0) is 27.7 Å². The van der Waals surface area contributed by atoms with Gasteiger partial charge in [0.05, 0.1) is 9.79 Å². The molecule has 5 nitrogen and oxygen atoms in total. The molecule has 1 amide bonds. The van der Waals surface area contributed by atoms with Gasteiger partial charge in [-0.15, -0.1) is 0 Å². The Morgan fingerprint density at radius 3 is 2.17 bits per heavy atom. The molecule has 0 saturated heterocycles. The number of carbonyl (C=O) groups excluding carboxylic acids is 1. The molecule has 1 heterocycles. The second kappa shape index (κ2) is 7.93. The minimum absolute atomic E-state index is 0.0393. The van der Waals surface area contributed by atoms with Crippen LogP contribution in [-0.4, -0.2) is 18.9 Å². The third kappa shape index (κ3) is 3.93. The number of amides is 1. The molecule has 0 aliphatic rings. The van der Waals surface area contributed by atoms with Crippen LogP contribution < -0.4 is 5.32 Å². The Kier molecular flexibility index (Phi) is 5.18. The van der Waals surface area contributed by atoms with Gasteiger partial charge in [0.1, 0.15) is 6.54 Å². The van der Waals surface area contributed by atoms with Crippen molar-refractivity contribution in [2.45, 2.75) is 22.9 Å². The Hall–Kier alpha value is -3.38. The molecule has 0 saturated carbocycles. The molecular formula is C23H20N2O3S. The number of rotatable bonds is 6. The summed E-state index contributed by atoms with van der Waals surface area (Å²) in [5, 5.41) is 3.49. The summed E-state index contributed by atoms with van der Waals surface area (Å²) in [5.74, 6) is -0.182. The van der Waals surface area contributed by atoms with E-state index < -0.39 is 9.84 Å². The monoisotopic (exact) mass is 404 g/mol. The van der Waals surface area contributed by atoms with Gasteiger partial charge in [0.15, 0.2) is 0 Å². The Morgan fingerprint density at radius 2 is 1.45 bits per heavy atom. The Morgan fingerprint density at radius 1 is 0.828 bits per heavy atom. The van der Waals surface area contributed by atoms with Crippen molar-refractivity contribution in [1.82, 2.24) is 9.88 Å². The first kappa shape index (κ1) is 19.0. The van der Waals surface area contributed by atoms with E-state index in [9.17, 15) is 13.2 Å². The molecule has 4 rings (SSSR count). The predicted molar refractivity (Wildman–Crippen MR) is 112 cm³/mol. The molecule has 4 aromatic rings. The third-order valence-corrected chi connectivity index (χ3v) is 6.54. The van der Waals surface area contributed by atoms with Gasteiger partial charge in [-0.05, 0) is 23.8 Å². The van der Waals surface area contributed by atoms with Crippen molar-refractivity contribution < 1.29 is 13.2 Å². The number of benzene rings is 3. The smallest absolute Gasteiger partial charge is 0.240 e. The summed E-state index contributed by atoms with van der Waals surface area (Å²) >= 11 is 0. The van der Waals surface area contributed by atoms with Crippen molar-refractivity contribution in [3.05, 3.63) is 96.7 Å². The molecular weight excluding hydrogens is 384 g/mol. The lowest BCUT2D eigenvalue weighted by molar-refractivity contribution is -0.121. The minimum Gasteiger partial charge on any atom is -0.350 e. The maximum Gasteiger partial charge on any atom is 0.240 e. The Balaban J connectivity index is 1.64. The average Bonchev–Trinajstić information content (AvgIpc) is 3.13. The van der Waals surface area contributed by atoms with Crippen molar-refractivity contribution >= 4 is 26.6 Å². The number of para-hydroxylation sites is 1. The number of nitrogens with one attached hydrogen (secondary N) is 1. The maximum atomic E-state index is 13.1. The van der Waals surface area contributed by atoms with E-state index in [0.29, 0.717) is 17.4 Å². The Labute approximate surface area is 169 Å². The first-order valence-electron chi connectivity index (χ1n) is 9.24. The van der Waals surface area contributed by atoms with E-state index in [1.165, 1.54) is 0 Å². The van der Waals surface area contributed by atoms with Gasteiger partial charge < -0.3 is 9.88 Å². The van der Waals surface area contributed by atoms with Crippen LogP contribution in [0.25, 0.3) is 10.9 Å².